The third-order valence-electron chi connectivity index (χ3n) is 4.32. The number of aromatic nitrogens is 1. The quantitative estimate of drug-likeness (QED) is 0.486. The van der Waals surface area contributed by atoms with Gasteiger partial charge in [-0.3, -0.25) is 10.3 Å². The second-order valence-corrected chi connectivity index (χ2v) is 6.11. The Labute approximate surface area is 149 Å². The van der Waals surface area contributed by atoms with E-state index in [9.17, 15) is 4.79 Å². The number of anilines is 1. The van der Waals surface area contributed by atoms with Crippen molar-refractivity contribution in [2.45, 2.75) is 6.10 Å². The Morgan fingerprint density at radius 2 is 2.08 bits per heavy atom. The lowest BCUT2D eigenvalue weighted by molar-refractivity contribution is 0.105. The van der Waals surface area contributed by atoms with Crippen LogP contribution < -0.4 is 15.4 Å². The highest BCUT2D eigenvalue weighted by molar-refractivity contribution is 5.96. The standard InChI is InChI=1S/C19H18N4O3/c20-18(21)12-1-3-14(4-2-12)23-10-16(26-19(23)24)11-25-15-5-6-17-13(9-15)7-8-22-17/h1-9,16,22H,10-11H2,(H3,20,21). The number of benzene rings is 2. The summed E-state index contributed by atoms with van der Waals surface area (Å²) in [7, 11) is 0. The zero-order chi connectivity index (χ0) is 18.1. The Morgan fingerprint density at radius 3 is 2.85 bits per heavy atom. The largest absolute Gasteiger partial charge is 0.490 e. The van der Waals surface area contributed by atoms with Crippen LogP contribution in [0.2, 0.25) is 0 Å². The van der Waals surface area contributed by atoms with E-state index in [0.29, 0.717) is 17.8 Å². The monoisotopic (exact) mass is 350 g/mol. The maximum absolute atomic E-state index is 12.1. The molecule has 0 aliphatic carbocycles. The SMILES string of the molecule is N=C(N)c1ccc(N2CC(COc3ccc4[nH]ccc4c3)OC2=O)cc1. The Morgan fingerprint density at radius 1 is 1.27 bits per heavy atom. The molecular formula is C19H18N4O3. The van der Waals surface area contributed by atoms with Gasteiger partial charge in [-0.05, 0) is 48.5 Å². The number of nitrogens with two attached hydrogens (primary N) is 1. The fourth-order valence-corrected chi connectivity index (χ4v) is 2.95. The third-order valence-corrected chi connectivity index (χ3v) is 4.32. The number of ether oxygens (including phenoxy) is 2. The Bertz CT molecular complexity index is 964. The van der Waals surface area contributed by atoms with Crippen molar-refractivity contribution in [2.75, 3.05) is 18.1 Å². The summed E-state index contributed by atoms with van der Waals surface area (Å²) in [6, 6.07) is 14.7. The Kier molecular flexibility index (Phi) is 3.96. The minimum Gasteiger partial charge on any atom is -0.490 e. The lowest BCUT2D eigenvalue weighted by Crippen LogP contribution is -2.26. The van der Waals surface area contributed by atoms with E-state index in [2.05, 4.69) is 4.98 Å². The molecule has 4 N–H and O–H groups in total. The highest BCUT2D eigenvalue weighted by Crippen LogP contribution is 2.24. The Hall–Kier alpha value is -3.48. The molecule has 1 fully saturated rings. The maximum atomic E-state index is 12.1. The van der Waals surface area contributed by atoms with Crippen molar-refractivity contribution in [3.63, 3.8) is 0 Å². The molecule has 2 aromatic carbocycles. The summed E-state index contributed by atoms with van der Waals surface area (Å²) in [4.78, 5) is 16.8. The van der Waals surface area contributed by atoms with Crippen molar-refractivity contribution < 1.29 is 14.3 Å². The van der Waals surface area contributed by atoms with Gasteiger partial charge in [0.1, 0.15) is 18.2 Å². The number of carbonyl (C=O) groups is 1. The van der Waals surface area contributed by atoms with Crippen LogP contribution in [-0.4, -0.2) is 36.2 Å². The van der Waals surface area contributed by atoms with Gasteiger partial charge in [0.15, 0.2) is 6.10 Å². The molecule has 1 atom stereocenters. The first-order valence-corrected chi connectivity index (χ1v) is 8.23. The number of nitrogen functional groups attached to an aromatic ring is 1. The number of aromatic amines is 1. The molecule has 3 aromatic rings. The highest BCUT2D eigenvalue weighted by Gasteiger charge is 2.32. The number of hydrogen-bond acceptors (Lipinski definition) is 4. The van der Waals surface area contributed by atoms with Crippen molar-refractivity contribution >= 4 is 28.5 Å². The number of rotatable bonds is 5. The number of amides is 1. The average Bonchev–Trinajstić information content (AvgIpc) is 3.25. The molecule has 1 amide bonds. The molecule has 0 spiro atoms. The molecule has 4 rings (SSSR count). The third kappa shape index (κ3) is 3.06. The molecule has 26 heavy (non-hydrogen) atoms. The fourth-order valence-electron chi connectivity index (χ4n) is 2.95. The number of fused-ring (bicyclic) bond motifs is 1. The summed E-state index contributed by atoms with van der Waals surface area (Å²) in [5.74, 6) is 0.726. The zero-order valence-corrected chi connectivity index (χ0v) is 13.9. The normalized spacial score (nSPS) is 16.7. The Balaban J connectivity index is 1.40. The van der Waals surface area contributed by atoms with Crippen LogP contribution >= 0.6 is 0 Å². The van der Waals surface area contributed by atoms with Gasteiger partial charge in [0, 0.05) is 28.4 Å². The molecule has 132 valence electrons. The summed E-state index contributed by atoms with van der Waals surface area (Å²) in [6.07, 6.45) is 1.12. The number of nitrogens with one attached hydrogen (secondary N) is 2. The lowest BCUT2D eigenvalue weighted by atomic mass is 10.2. The van der Waals surface area contributed by atoms with Crippen LogP contribution in [0.15, 0.2) is 54.7 Å². The molecule has 1 aliphatic heterocycles. The first kappa shape index (κ1) is 16.0. The highest BCUT2D eigenvalue weighted by atomic mass is 16.6. The zero-order valence-electron chi connectivity index (χ0n) is 13.9. The van der Waals surface area contributed by atoms with Crippen LogP contribution in [0.25, 0.3) is 10.9 Å². The van der Waals surface area contributed by atoms with Crippen LogP contribution in [-0.2, 0) is 4.74 Å². The first-order chi connectivity index (χ1) is 12.6. The van der Waals surface area contributed by atoms with E-state index in [1.54, 1.807) is 29.2 Å². The van der Waals surface area contributed by atoms with Crippen molar-refractivity contribution in [3.8, 4) is 5.75 Å². The predicted octanol–water partition coefficient (Wildman–Crippen LogP) is 2.86. The van der Waals surface area contributed by atoms with Crippen LogP contribution in [0.4, 0.5) is 10.5 Å². The molecule has 1 saturated heterocycles. The van der Waals surface area contributed by atoms with Crippen molar-refractivity contribution in [1.82, 2.24) is 4.98 Å². The summed E-state index contributed by atoms with van der Waals surface area (Å²) >= 11 is 0. The lowest BCUT2D eigenvalue weighted by Gasteiger charge is -2.13. The maximum Gasteiger partial charge on any atom is 0.414 e. The molecule has 0 saturated carbocycles. The van der Waals surface area contributed by atoms with Gasteiger partial charge < -0.3 is 20.2 Å². The minimum atomic E-state index is -0.407. The fraction of sp³-hybridized carbons (Fsp3) is 0.158. The van der Waals surface area contributed by atoms with Crippen LogP contribution in [0.5, 0.6) is 5.75 Å². The number of H-pyrrole nitrogens is 1. The molecule has 2 heterocycles. The van der Waals surface area contributed by atoms with Gasteiger partial charge in [-0.1, -0.05) is 0 Å². The van der Waals surface area contributed by atoms with Crippen LogP contribution in [0, 0.1) is 5.41 Å². The number of amidine groups is 1. The second-order valence-electron chi connectivity index (χ2n) is 6.11. The average molecular weight is 350 g/mol. The summed E-state index contributed by atoms with van der Waals surface area (Å²) in [5.41, 5.74) is 7.81. The topological polar surface area (TPSA) is 104 Å². The molecule has 7 heteroatoms. The van der Waals surface area contributed by atoms with E-state index < -0.39 is 6.09 Å². The van der Waals surface area contributed by atoms with Crippen molar-refractivity contribution in [1.29, 1.82) is 5.41 Å². The van der Waals surface area contributed by atoms with Gasteiger partial charge in [0.2, 0.25) is 0 Å². The molecule has 0 radical (unpaired) electrons. The van der Waals surface area contributed by atoms with Crippen LogP contribution in [0.3, 0.4) is 0 Å². The summed E-state index contributed by atoms with van der Waals surface area (Å²) in [5, 5.41) is 8.49. The smallest absolute Gasteiger partial charge is 0.414 e. The van der Waals surface area contributed by atoms with E-state index in [0.717, 1.165) is 16.7 Å². The molecule has 1 unspecified atom stereocenters. The second kappa shape index (κ2) is 6.44. The minimum absolute atomic E-state index is 0.00813. The molecule has 0 bridgehead atoms. The molecule has 1 aliphatic rings. The van der Waals surface area contributed by atoms with E-state index in [-0.39, 0.29) is 18.5 Å². The van der Waals surface area contributed by atoms with Crippen LogP contribution in [0.1, 0.15) is 5.56 Å². The van der Waals surface area contributed by atoms with Gasteiger partial charge in [0.25, 0.3) is 0 Å². The first-order valence-electron chi connectivity index (χ1n) is 8.23. The number of carbonyl (C=O) groups excluding carboxylic acids is 1. The van der Waals surface area contributed by atoms with E-state index in [4.69, 9.17) is 20.6 Å². The van der Waals surface area contributed by atoms with Gasteiger partial charge >= 0.3 is 6.09 Å². The number of hydrogen-bond donors (Lipinski definition) is 3. The number of cyclic esters (lactones) is 1. The summed E-state index contributed by atoms with van der Waals surface area (Å²) < 4.78 is 11.2. The van der Waals surface area contributed by atoms with Crippen molar-refractivity contribution in [2.24, 2.45) is 5.73 Å². The molecular weight excluding hydrogens is 332 g/mol. The summed E-state index contributed by atoms with van der Waals surface area (Å²) in [6.45, 7) is 0.689. The van der Waals surface area contributed by atoms with Gasteiger partial charge in [-0.25, -0.2) is 4.79 Å². The van der Waals surface area contributed by atoms with E-state index in [1.165, 1.54) is 0 Å². The predicted molar refractivity (Wildman–Crippen MR) is 98.9 cm³/mol. The van der Waals surface area contributed by atoms with Gasteiger partial charge in [0.05, 0.1) is 6.54 Å². The molecule has 7 nitrogen and oxygen atoms in total. The van der Waals surface area contributed by atoms with E-state index >= 15 is 0 Å². The molecule has 1 aromatic heterocycles. The number of nitrogens with zero attached hydrogens (tertiary/aromatic N) is 1. The van der Waals surface area contributed by atoms with Gasteiger partial charge in [-0.2, -0.15) is 0 Å². The van der Waals surface area contributed by atoms with E-state index in [1.807, 2.05) is 30.5 Å². The van der Waals surface area contributed by atoms with Crippen molar-refractivity contribution in [3.05, 3.63) is 60.3 Å². The van der Waals surface area contributed by atoms with Gasteiger partial charge in [-0.15, -0.1) is 0 Å².